The predicted octanol–water partition coefficient (Wildman–Crippen LogP) is 3.81. The highest BCUT2D eigenvalue weighted by Crippen LogP contribution is 2.20. The third-order valence-electron chi connectivity index (χ3n) is 3.96. The molecular weight excluding hydrogens is 374 g/mol. The largest absolute Gasteiger partial charge is 0.301 e. The molecule has 0 aliphatic carbocycles. The number of piperidine rings is 1. The van der Waals surface area contributed by atoms with E-state index in [0.717, 1.165) is 28.9 Å². The topological polar surface area (TPSA) is 49.0 Å². The molecule has 23 heavy (non-hydrogen) atoms. The van der Waals surface area contributed by atoms with Crippen molar-refractivity contribution in [3.05, 3.63) is 56.4 Å². The summed E-state index contributed by atoms with van der Waals surface area (Å²) in [4.78, 5) is 21.9. The molecule has 0 atom stereocenters. The smallest absolute Gasteiger partial charge is 0.256 e. The Bertz CT molecular complexity index is 713. The van der Waals surface area contributed by atoms with Crippen LogP contribution in [0.2, 0.25) is 0 Å². The van der Waals surface area contributed by atoms with Gasteiger partial charge in [-0.2, -0.15) is 0 Å². The summed E-state index contributed by atoms with van der Waals surface area (Å²) in [5.41, 5.74) is 1.95. The van der Waals surface area contributed by atoms with Crippen molar-refractivity contribution in [1.29, 1.82) is 0 Å². The summed E-state index contributed by atoms with van der Waals surface area (Å²) in [6.45, 7) is 2.87. The molecule has 1 aromatic heterocycles. The number of halogens is 1. The first-order valence-electron chi connectivity index (χ1n) is 7.88. The van der Waals surface area contributed by atoms with Crippen LogP contribution in [0.4, 0.5) is 0 Å². The van der Waals surface area contributed by atoms with E-state index in [-0.39, 0.29) is 5.56 Å². The van der Waals surface area contributed by atoms with Crippen LogP contribution in [0, 0.1) is 0 Å². The van der Waals surface area contributed by atoms with Crippen LogP contribution < -0.4 is 5.56 Å². The van der Waals surface area contributed by atoms with Crippen LogP contribution in [0.25, 0.3) is 0 Å². The van der Waals surface area contributed by atoms with Crippen molar-refractivity contribution in [3.63, 3.8) is 0 Å². The lowest BCUT2D eigenvalue weighted by Crippen LogP contribution is -2.31. The van der Waals surface area contributed by atoms with E-state index in [1.165, 1.54) is 24.8 Å². The molecule has 0 saturated carbocycles. The zero-order valence-electron chi connectivity index (χ0n) is 12.9. The zero-order valence-corrected chi connectivity index (χ0v) is 15.3. The van der Waals surface area contributed by atoms with Gasteiger partial charge in [0.15, 0.2) is 5.16 Å². The minimum Gasteiger partial charge on any atom is -0.301 e. The number of aromatic amines is 1. The summed E-state index contributed by atoms with van der Waals surface area (Å²) in [6.07, 6.45) is 5.49. The molecule has 1 aliphatic rings. The monoisotopic (exact) mass is 393 g/mol. The molecule has 1 aliphatic heterocycles. The number of nitrogens with zero attached hydrogens (tertiary/aromatic N) is 2. The fourth-order valence-corrected chi connectivity index (χ4v) is 3.95. The van der Waals surface area contributed by atoms with Gasteiger partial charge in [0.1, 0.15) is 0 Å². The molecule has 0 bridgehead atoms. The first-order chi connectivity index (χ1) is 11.2. The number of likely N-dealkylation sites (tertiary alicyclic amines) is 1. The fraction of sp³-hybridized carbons (Fsp3) is 0.412. The lowest BCUT2D eigenvalue weighted by molar-refractivity contribution is 0.219. The number of benzene rings is 1. The molecule has 4 nitrogen and oxygen atoms in total. The summed E-state index contributed by atoms with van der Waals surface area (Å²) < 4.78 is 1.06. The highest BCUT2D eigenvalue weighted by atomic mass is 79.9. The molecule has 3 rings (SSSR count). The van der Waals surface area contributed by atoms with Gasteiger partial charge in [0, 0.05) is 28.5 Å². The van der Waals surface area contributed by atoms with E-state index in [1.54, 1.807) is 18.0 Å². The van der Waals surface area contributed by atoms with E-state index >= 15 is 0 Å². The second-order valence-electron chi connectivity index (χ2n) is 5.80. The highest BCUT2D eigenvalue weighted by molar-refractivity contribution is 9.10. The summed E-state index contributed by atoms with van der Waals surface area (Å²) >= 11 is 5.02. The molecule has 0 spiro atoms. The van der Waals surface area contributed by atoms with Crippen LogP contribution in [-0.4, -0.2) is 28.0 Å². The third-order valence-corrected chi connectivity index (χ3v) is 5.41. The Balaban J connectivity index is 1.61. The van der Waals surface area contributed by atoms with Crippen molar-refractivity contribution in [2.75, 3.05) is 13.1 Å². The second-order valence-corrected chi connectivity index (χ2v) is 7.68. The van der Waals surface area contributed by atoms with Gasteiger partial charge in [0.25, 0.3) is 5.56 Å². The number of hydrogen-bond acceptors (Lipinski definition) is 4. The maximum atomic E-state index is 12.2. The molecule has 2 heterocycles. The lowest BCUT2D eigenvalue weighted by atomic mass is 10.1. The molecule has 0 amide bonds. The number of hydrogen-bond donors (Lipinski definition) is 1. The van der Waals surface area contributed by atoms with E-state index in [2.05, 4.69) is 42.9 Å². The number of rotatable bonds is 5. The molecule has 1 N–H and O–H groups in total. The average molecular weight is 394 g/mol. The zero-order chi connectivity index (χ0) is 16.1. The first-order valence-corrected chi connectivity index (χ1v) is 9.66. The first kappa shape index (κ1) is 16.7. The Morgan fingerprint density at radius 3 is 2.83 bits per heavy atom. The van der Waals surface area contributed by atoms with Crippen molar-refractivity contribution < 1.29 is 0 Å². The van der Waals surface area contributed by atoms with Crippen molar-refractivity contribution in [2.24, 2.45) is 0 Å². The van der Waals surface area contributed by atoms with Gasteiger partial charge in [0.2, 0.25) is 0 Å². The van der Waals surface area contributed by atoms with Crippen LogP contribution in [0.15, 0.2) is 44.9 Å². The van der Waals surface area contributed by atoms with Gasteiger partial charge in [-0.3, -0.25) is 9.69 Å². The molecule has 6 heteroatoms. The van der Waals surface area contributed by atoms with Crippen molar-refractivity contribution in [2.45, 2.75) is 36.7 Å². The fourth-order valence-electron chi connectivity index (χ4n) is 2.73. The third kappa shape index (κ3) is 4.93. The quantitative estimate of drug-likeness (QED) is 0.619. The minimum absolute atomic E-state index is 0.0117. The van der Waals surface area contributed by atoms with Crippen LogP contribution in [0.5, 0.6) is 0 Å². The van der Waals surface area contributed by atoms with Crippen LogP contribution in [0.1, 0.15) is 30.4 Å². The number of nitrogens with one attached hydrogen (secondary N) is 1. The molecule has 122 valence electrons. The number of H-pyrrole nitrogens is 1. The Morgan fingerprint density at radius 2 is 2.09 bits per heavy atom. The summed E-state index contributed by atoms with van der Waals surface area (Å²) in [6, 6.07) is 8.16. The number of aromatic nitrogens is 2. The van der Waals surface area contributed by atoms with Crippen LogP contribution >= 0.6 is 27.7 Å². The minimum atomic E-state index is -0.0117. The van der Waals surface area contributed by atoms with Gasteiger partial charge in [-0.15, -0.1) is 0 Å². The second kappa shape index (κ2) is 8.13. The summed E-state index contributed by atoms with van der Waals surface area (Å²) in [7, 11) is 0. The maximum absolute atomic E-state index is 12.2. The molecule has 2 aromatic rings. The van der Waals surface area contributed by atoms with Gasteiger partial charge in [0.05, 0.1) is 0 Å². The van der Waals surface area contributed by atoms with Crippen molar-refractivity contribution >= 4 is 27.7 Å². The Labute approximate surface area is 148 Å². The van der Waals surface area contributed by atoms with Gasteiger partial charge in [-0.05, 0) is 43.6 Å². The van der Waals surface area contributed by atoms with Gasteiger partial charge < -0.3 is 4.98 Å². The molecular formula is C17H20BrN3OS. The standard InChI is InChI=1S/C17H20BrN3OS/c18-15-6-4-5-13(9-15)12-23-17-19-10-14(16(22)20-17)11-21-7-2-1-3-8-21/h4-6,9-10H,1-3,7-8,11-12H2,(H,19,20,22). The van der Waals surface area contributed by atoms with Crippen molar-refractivity contribution in [3.8, 4) is 0 Å². The number of thioether (sulfide) groups is 1. The molecule has 0 radical (unpaired) electrons. The Kier molecular flexibility index (Phi) is 5.91. The molecule has 1 saturated heterocycles. The molecule has 0 unspecified atom stereocenters. The molecule has 1 aromatic carbocycles. The van der Waals surface area contributed by atoms with Crippen LogP contribution in [0.3, 0.4) is 0 Å². The Morgan fingerprint density at radius 1 is 1.26 bits per heavy atom. The lowest BCUT2D eigenvalue weighted by Gasteiger charge is -2.25. The van der Waals surface area contributed by atoms with E-state index in [1.807, 2.05) is 12.1 Å². The maximum Gasteiger partial charge on any atom is 0.256 e. The predicted molar refractivity (Wildman–Crippen MR) is 97.7 cm³/mol. The average Bonchev–Trinajstić information content (AvgIpc) is 2.56. The van der Waals surface area contributed by atoms with Gasteiger partial charge >= 0.3 is 0 Å². The Hall–Kier alpha value is -1.11. The van der Waals surface area contributed by atoms with Crippen molar-refractivity contribution in [1.82, 2.24) is 14.9 Å². The highest BCUT2D eigenvalue weighted by Gasteiger charge is 2.13. The van der Waals surface area contributed by atoms with Crippen LogP contribution in [-0.2, 0) is 12.3 Å². The van der Waals surface area contributed by atoms with E-state index in [9.17, 15) is 4.79 Å². The normalized spacial score (nSPS) is 15.7. The van der Waals surface area contributed by atoms with Gasteiger partial charge in [-0.1, -0.05) is 46.2 Å². The molecule has 1 fully saturated rings. The SMILES string of the molecule is O=c1[nH]c(SCc2cccc(Br)c2)ncc1CN1CCCCC1. The van der Waals surface area contributed by atoms with Gasteiger partial charge in [-0.25, -0.2) is 4.98 Å². The van der Waals surface area contributed by atoms with E-state index < -0.39 is 0 Å². The summed E-state index contributed by atoms with van der Waals surface area (Å²) in [5.74, 6) is 0.786. The van der Waals surface area contributed by atoms with E-state index in [4.69, 9.17) is 0 Å². The summed E-state index contributed by atoms with van der Waals surface area (Å²) in [5, 5.41) is 0.678. The van der Waals surface area contributed by atoms with E-state index in [0.29, 0.717) is 11.7 Å².